The van der Waals surface area contributed by atoms with Gasteiger partial charge < -0.3 is 14.4 Å². The van der Waals surface area contributed by atoms with E-state index < -0.39 is 0 Å². The smallest absolute Gasteiger partial charge is 0.249 e. The van der Waals surface area contributed by atoms with Crippen molar-refractivity contribution in [3.05, 3.63) is 12.2 Å². The number of hydrogen-bond acceptors (Lipinski definition) is 3. The van der Waals surface area contributed by atoms with Crippen LogP contribution in [0.5, 0.6) is 0 Å². The molecule has 82 valence electrons. The zero-order valence-electron chi connectivity index (χ0n) is 9.21. The molecule has 0 aliphatic heterocycles. The first-order chi connectivity index (χ1) is 6.63. The molecule has 14 heavy (non-hydrogen) atoms. The molecule has 4 nitrogen and oxygen atoms in total. The Morgan fingerprint density at radius 1 is 1.21 bits per heavy atom. The minimum absolute atomic E-state index is 0.0425. The summed E-state index contributed by atoms with van der Waals surface area (Å²) in [7, 11) is 3.22. The summed E-state index contributed by atoms with van der Waals surface area (Å²) in [5.41, 5.74) is 0.539. The van der Waals surface area contributed by atoms with Gasteiger partial charge in [0.25, 0.3) is 0 Å². The van der Waals surface area contributed by atoms with Crippen LogP contribution < -0.4 is 0 Å². The van der Waals surface area contributed by atoms with E-state index in [0.717, 1.165) is 0 Å². The van der Waals surface area contributed by atoms with Crippen LogP contribution >= 0.6 is 0 Å². The number of carbonyl (C=O) groups is 1. The summed E-state index contributed by atoms with van der Waals surface area (Å²) in [6.45, 7) is 7.53. The van der Waals surface area contributed by atoms with Gasteiger partial charge in [0, 0.05) is 32.9 Å². The standard InChI is InChI=1S/C10H19NO3/c1-9(2)10(12)11(5-7-13-3)6-8-14-4/h1,5-8H2,2-4H3. The molecular weight excluding hydrogens is 182 g/mol. The van der Waals surface area contributed by atoms with Crippen LogP contribution in [0.1, 0.15) is 6.92 Å². The minimum Gasteiger partial charge on any atom is -0.383 e. The van der Waals surface area contributed by atoms with Gasteiger partial charge in [0.05, 0.1) is 13.2 Å². The largest absolute Gasteiger partial charge is 0.383 e. The second-order valence-corrected chi connectivity index (χ2v) is 3.06. The van der Waals surface area contributed by atoms with Crippen LogP contribution in [0.2, 0.25) is 0 Å². The Morgan fingerprint density at radius 2 is 1.64 bits per heavy atom. The molecule has 0 atom stereocenters. The van der Waals surface area contributed by atoms with Crippen molar-refractivity contribution in [1.82, 2.24) is 4.90 Å². The van der Waals surface area contributed by atoms with Gasteiger partial charge in [-0.3, -0.25) is 4.79 Å². The predicted octanol–water partition coefficient (Wildman–Crippen LogP) is 0.684. The van der Waals surface area contributed by atoms with Crippen LogP contribution in [0, 0.1) is 0 Å². The molecule has 0 aliphatic carbocycles. The van der Waals surface area contributed by atoms with E-state index in [2.05, 4.69) is 6.58 Å². The van der Waals surface area contributed by atoms with E-state index in [1.54, 1.807) is 26.0 Å². The quantitative estimate of drug-likeness (QED) is 0.569. The fraction of sp³-hybridized carbons (Fsp3) is 0.700. The number of nitrogens with zero attached hydrogens (tertiary/aromatic N) is 1. The maximum Gasteiger partial charge on any atom is 0.249 e. The van der Waals surface area contributed by atoms with Gasteiger partial charge >= 0.3 is 0 Å². The molecule has 0 saturated heterocycles. The number of hydrogen-bond donors (Lipinski definition) is 0. The topological polar surface area (TPSA) is 38.8 Å². The minimum atomic E-state index is -0.0425. The predicted molar refractivity (Wildman–Crippen MR) is 55.1 cm³/mol. The third-order valence-corrected chi connectivity index (χ3v) is 1.78. The molecule has 0 aromatic carbocycles. The fourth-order valence-corrected chi connectivity index (χ4v) is 0.988. The Hall–Kier alpha value is -0.870. The number of rotatable bonds is 7. The molecule has 4 heteroatoms. The number of methoxy groups -OCH3 is 2. The maximum absolute atomic E-state index is 11.6. The van der Waals surface area contributed by atoms with Crippen molar-refractivity contribution in [2.75, 3.05) is 40.5 Å². The van der Waals surface area contributed by atoms with Crippen molar-refractivity contribution in [2.24, 2.45) is 0 Å². The molecule has 0 N–H and O–H groups in total. The summed E-state index contributed by atoms with van der Waals surface area (Å²) in [4.78, 5) is 13.2. The zero-order chi connectivity index (χ0) is 11.0. The summed E-state index contributed by atoms with van der Waals surface area (Å²) >= 11 is 0. The lowest BCUT2D eigenvalue weighted by molar-refractivity contribution is -0.128. The molecule has 0 fully saturated rings. The van der Waals surface area contributed by atoms with E-state index in [9.17, 15) is 4.79 Å². The summed E-state index contributed by atoms with van der Waals surface area (Å²) < 4.78 is 9.84. The van der Waals surface area contributed by atoms with E-state index >= 15 is 0 Å². The van der Waals surface area contributed by atoms with Crippen molar-refractivity contribution in [3.8, 4) is 0 Å². The molecule has 0 aliphatic rings. The summed E-state index contributed by atoms with van der Waals surface area (Å²) in [6.07, 6.45) is 0. The fourth-order valence-electron chi connectivity index (χ4n) is 0.988. The van der Waals surface area contributed by atoms with Gasteiger partial charge in [0.2, 0.25) is 5.91 Å². The molecular formula is C10H19NO3. The average molecular weight is 201 g/mol. The third kappa shape index (κ3) is 4.99. The van der Waals surface area contributed by atoms with Crippen molar-refractivity contribution in [3.63, 3.8) is 0 Å². The lowest BCUT2D eigenvalue weighted by atomic mass is 10.3. The number of ether oxygens (including phenoxy) is 2. The second-order valence-electron chi connectivity index (χ2n) is 3.06. The van der Waals surface area contributed by atoms with Gasteiger partial charge in [-0.1, -0.05) is 6.58 Å². The van der Waals surface area contributed by atoms with Crippen molar-refractivity contribution >= 4 is 5.91 Å². The maximum atomic E-state index is 11.6. The van der Waals surface area contributed by atoms with E-state index in [1.165, 1.54) is 0 Å². The van der Waals surface area contributed by atoms with Crippen molar-refractivity contribution in [1.29, 1.82) is 0 Å². The number of carbonyl (C=O) groups excluding carboxylic acids is 1. The average Bonchev–Trinajstić information content (AvgIpc) is 2.17. The van der Waals surface area contributed by atoms with E-state index in [1.807, 2.05) is 0 Å². The van der Waals surface area contributed by atoms with Gasteiger partial charge in [0.15, 0.2) is 0 Å². The van der Waals surface area contributed by atoms with E-state index in [0.29, 0.717) is 31.9 Å². The summed E-state index contributed by atoms with van der Waals surface area (Å²) in [5.74, 6) is -0.0425. The van der Waals surface area contributed by atoms with Crippen LogP contribution in [-0.4, -0.2) is 51.3 Å². The molecule has 0 heterocycles. The van der Waals surface area contributed by atoms with Crippen LogP contribution in [-0.2, 0) is 14.3 Å². The van der Waals surface area contributed by atoms with E-state index in [4.69, 9.17) is 9.47 Å². The highest BCUT2D eigenvalue weighted by Crippen LogP contribution is 1.98. The molecule has 0 spiro atoms. The first-order valence-corrected chi connectivity index (χ1v) is 4.56. The molecule has 0 aromatic heterocycles. The van der Waals surface area contributed by atoms with Gasteiger partial charge in [-0.2, -0.15) is 0 Å². The summed E-state index contributed by atoms with van der Waals surface area (Å²) in [6, 6.07) is 0. The monoisotopic (exact) mass is 201 g/mol. The molecule has 0 radical (unpaired) electrons. The number of amides is 1. The normalized spacial score (nSPS) is 9.93. The van der Waals surface area contributed by atoms with Gasteiger partial charge in [0.1, 0.15) is 0 Å². The Morgan fingerprint density at radius 3 is 1.93 bits per heavy atom. The Balaban J connectivity index is 4.08. The van der Waals surface area contributed by atoms with Crippen LogP contribution in [0.3, 0.4) is 0 Å². The molecule has 0 saturated carbocycles. The second kappa shape index (κ2) is 7.53. The van der Waals surface area contributed by atoms with E-state index in [-0.39, 0.29) is 5.91 Å². The summed E-state index contributed by atoms with van der Waals surface area (Å²) in [5, 5.41) is 0. The first kappa shape index (κ1) is 13.1. The van der Waals surface area contributed by atoms with Crippen LogP contribution in [0.25, 0.3) is 0 Å². The van der Waals surface area contributed by atoms with Gasteiger partial charge in [-0.15, -0.1) is 0 Å². The molecule has 0 bridgehead atoms. The molecule has 0 unspecified atom stereocenters. The molecule has 0 aromatic rings. The zero-order valence-corrected chi connectivity index (χ0v) is 9.21. The molecule has 1 amide bonds. The Bertz CT molecular complexity index is 184. The van der Waals surface area contributed by atoms with Gasteiger partial charge in [-0.25, -0.2) is 0 Å². The Labute approximate surface area is 85.5 Å². The van der Waals surface area contributed by atoms with Crippen LogP contribution in [0.15, 0.2) is 12.2 Å². The lowest BCUT2D eigenvalue weighted by Gasteiger charge is -2.21. The lowest BCUT2D eigenvalue weighted by Crippen LogP contribution is -2.36. The molecule has 0 rings (SSSR count). The van der Waals surface area contributed by atoms with Crippen molar-refractivity contribution < 1.29 is 14.3 Å². The van der Waals surface area contributed by atoms with Crippen LogP contribution in [0.4, 0.5) is 0 Å². The highest BCUT2D eigenvalue weighted by atomic mass is 16.5. The highest BCUT2D eigenvalue weighted by Gasteiger charge is 2.12. The highest BCUT2D eigenvalue weighted by molar-refractivity contribution is 5.92. The SMILES string of the molecule is C=C(C)C(=O)N(CCOC)CCOC. The first-order valence-electron chi connectivity index (χ1n) is 4.56. The third-order valence-electron chi connectivity index (χ3n) is 1.78. The Kier molecular flexibility index (Phi) is 7.06. The van der Waals surface area contributed by atoms with Gasteiger partial charge in [-0.05, 0) is 6.92 Å². The van der Waals surface area contributed by atoms with Crippen molar-refractivity contribution in [2.45, 2.75) is 6.92 Å².